The first-order valence-electron chi connectivity index (χ1n) is 11.8. The van der Waals surface area contributed by atoms with Crippen LogP contribution in [0.25, 0.3) is 0 Å². The first-order chi connectivity index (χ1) is 16.5. The third-order valence-corrected chi connectivity index (χ3v) is 6.56. The van der Waals surface area contributed by atoms with Crippen LogP contribution < -0.4 is 5.32 Å². The van der Waals surface area contributed by atoms with Crippen LogP contribution >= 0.6 is 0 Å². The van der Waals surface area contributed by atoms with Crippen molar-refractivity contribution >= 4 is 11.7 Å². The molecule has 35 heavy (non-hydrogen) atoms. The predicted octanol–water partition coefficient (Wildman–Crippen LogP) is 2.89. The number of methoxy groups -OCH3 is 1. The summed E-state index contributed by atoms with van der Waals surface area (Å²) in [5.41, 5.74) is 0.231. The molecule has 1 heterocycles. The van der Waals surface area contributed by atoms with Crippen molar-refractivity contribution in [2.75, 3.05) is 39.9 Å². The topological polar surface area (TPSA) is 99.1 Å². The van der Waals surface area contributed by atoms with E-state index in [0.29, 0.717) is 42.9 Å². The fourth-order valence-electron chi connectivity index (χ4n) is 4.76. The zero-order valence-corrected chi connectivity index (χ0v) is 20.8. The Hall–Kier alpha value is -2.81. The summed E-state index contributed by atoms with van der Waals surface area (Å²) < 4.78 is 19.9. The number of benzene rings is 2. The summed E-state index contributed by atoms with van der Waals surface area (Å²) in [6, 6.07) is 10.9. The van der Waals surface area contributed by atoms with Gasteiger partial charge in [0.25, 0.3) is 0 Å². The van der Waals surface area contributed by atoms with Crippen LogP contribution in [-0.2, 0) is 9.53 Å². The second-order valence-corrected chi connectivity index (χ2v) is 9.89. The van der Waals surface area contributed by atoms with Crippen LogP contribution in [0.3, 0.4) is 0 Å². The summed E-state index contributed by atoms with van der Waals surface area (Å²) in [7, 11) is 1.59. The zero-order valence-electron chi connectivity index (χ0n) is 20.8. The van der Waals surface area contributed by atoms with Gasteiger partial charge in [-0.15, -0.1) is 0 Å². The van der Waals surface area contributed by atoms with E-state index in [1.54, 1.807) is 52.1 Å². The second-order valence-electron chi connectivity index (χ2n) is 9.89. The second kappa shape index (κ2) is 11.3. The van der Waals surface area contributed by atoms with Gasteiger partial charge in [0, 0.05) is 50.7 Å². The number of Topliss-reactive ketones (excluding diaryl/α,β-unsaturated/α-hetero) is 1. The number of halogens is 1. The Morgan fingerprint density at radius 3 is 2.51 bits per heavy atom. The number of rotatable bonds is 9. The molecule has 2 aromatic carbocycles. The minimum Gasteiger partial charge on any atom is -0.508 e. The SMILES string of the molecule is COCCN1C[C@H](C(=O)c2cccc(O)c2)[C@@H](c2cccc(F)c2C)[C@H](C(=O)NCC(C)(C)O)C1. The van der Waals surface area contributed by atoms with Gasteiger partial charge in [-0.1, -0.05) is 24.3 Å². The molecule has 3 N–H and O–H groups in total. The Kier molecular flexibility index (Phi) is 8.64. The van der Waals surface area contributed by atoms with E-state index in [2.05, 4.69) is 5.32 Å². The highest BCUT2D eigenvalue weighted by molar-refractivity contribution is 5.99. The summed E-state index contributed by atoms with van der Waals surface area (Å²) in [6.07, 6.45) is 0. The van der Waals surface area contributed by atoms with E-state index < -0.39 is 29.2 Å². The van der Waals surface area contributed by atoms with Gasteiger partial charge in [0.15, 0.2) is 5.78 Å². The van der Waals surface area contributed by atoms with Crippen molar-refractivity contribution in [3.63, 3.8) is 0 Å². The van der Waals surface area contributed by atoms with E-state index in [1.165, 1.54) is 18.2 Å². The van der Waals surface area contributed by atoms with Crippen molar-refractivity contribution in [2.45, 2.75) is 32.3 Å². The summed E-state index contributed by atoms with van der Waals surface area (Å²) >= 11 is 0. The Morgan fingerprint density at radius 1 is 1.17 bits per heavy atom. The van der Waals surface area contributed by atoms with Crippen molar-refractivity contribution in [1.29, 1.82) is 0 Å². The molecule has 0 bridgehead atoms. The van der Waals surface area contributed by atoms with E-state index in [0.717, 1.165) is 0 Å². The highest BCUT2D eigenvalue weighted by Crippen LogP contribution is 2.41. The fraction of sp³-hybridized carbons (Fsp3) is 0.481. The van der Waals surface area contributed by atoms with Crippen LogP contribution in [0, 0.1) is 24.6 Å². The molecule has 3 rings (SSSR count). The van der Waals surface area contributed by atoms with E-state index in [-0.39, 0.29) is 24.0 Å². The monoisotopic (exact) mass is 486 g/mol. The molecule has 2 aromatic rings. The van der Waals surface area contributed by atoms with Crippen molar-refractivity contribution < 1.29 is 28.9 Å². The molecule has 0 radical (unpaired) electrons. The number of amides is 1. The first-order valence-corrected chi connectivity index (χ1v) is 11.8. The average molecular weight is 487 g/mol. The molecule has 3 atom stereocenters. The lowest BCUT2D eigenvalue weighted by Gasteiger charge is -2.43. The van der Waals surface area contributed by atoms with Gasteiger partial charge in [0.2, 0.25) is 5.91 Å². The van der Waals surface area contributed by atoms with E-state index in [1.807, 2.05) is 4.90 Å². The molecule has 1 aliphatic rings. The van der Waals surface area contributed by atoms with Crippen LogP contribution in [0.5, 0.6) is 5.75 Å². The fourth-order valence-corrected chi connectivity index (χ4v) is 4.76. The maximum Gasteiger partial charge on any atom is 0.225 e. The molecule has 0 aliphatic carbocycles. The average Bonchev–Trinajstić information content (AvgIpc) is 2.81. The predicted molar refractivity (Wildman–Crippen MR) is 131 cm³/mol. The number of likely N-dealkylation sites (tertiary alicyclic amines) is 1. The molecule has 1 aliphatic heterocycles. The number of phenolic OH excluding ortho intramolecular Hbond substituents is 1. The first kappa shape index (κ1) is 26.8. The van der Waals surface area contributed by atoms with Crippen LogP contribution in [0.15, 0.2) is 42.5 Å². The Balaban J connectivity index is 2.09. The molecule has 0 saturated carbocycles. The molecule has 8 heteroatoms. The van der Waals surface area contributed by atoms with Crippen LogP contribution in [0.1, 0.15) is 41.3 Å². The number of carbonyl (C=O) groups is 2. The summed E-state index contributed by atoms with van der Waals surface area (Å²) in [6.45, 7) is 6.55. The lowest BCUT2D eigenvalue weighted by Crippen LogP contribution is -2.54. The van der Waals surface area contributed by atoms with Crippen molar-refractivity contribution in [3.05, 3.63) is 65.0 Å². The van der Waals surface area contributed by atoms with Gasteiger partial charge in [-0.05, 0) is 50.1 Å². The normalized spacial score (nSPS) is 21.0. The number of nitrogens with zero attached hydrogens (tertiary/aromatic N) is 1. The Morgan fingerprint density at radius 2 is 1.86 bits per heavy atom. The number of ether oxygens (including phenoxy) is 1. The van der Waals surface area contributed by atoms with Gasteiger partial charge in [-0.2, -0.15) is 0 Å². The minimum atomic E-state index is -1.11. The molecule has 1 amide bonds. The third-order valence-electron chi connectivity index (χ3n) is 6.56. The summed E-state index contributed by atoms with van der Waals surface area (Å²) in [5.74, 6) is -2.89. The third kappa shape index (κ3) is 6.66. The van der Waals surface area contributed by atoms with Gasteiger partial charge in [-0.3, -0.25) is 14.5 Å². The number of hydrogen-bond donors (Lipinski definition) is 3. The number of piperidine rings is 1. The van der Waals surface area contributed by atoms with Gasteiger partial charge in [0.05, 0.1) is 18.1 Å². The van der Waals surface area contributed by atoms with Crippen molar-refractivity contribution in [2.24, 2.45) is 11.8 Å². The summed E-state index contributed by atoms with van der Waals surface area (Å²) in [5, 5.41) is 22.9. The van der Waals surface area contributed by atoms with Gasteiger partial charge >= 0.3 is 0 Å². The van der Waals surface area contributed by atoms with Crippen molar-refractivity contribution in [1.82, 2.24) is 10.2 Å². The lowest BCUT2D eigenvalue weighted by molar-refractivity contribution is -0.129. The highest BCUT2D eigenvalue weighted by Gasteiger charge is 2.45. The largest absolute Gasteiger partial charge is 0.508 e. The van der Waals surface area contributed by atoms with E-state index in [9.17, 15) is 24.2 Å². The Bertz CT molecular complexity index is 1050. The molecule has 0 unspecified atom stereocenters. The van der Waals surface area contributed by atoms with Crippen LogP contribution in [0.4, 0.5) is 4.39 Å². The number of carbonyl (C=O) groups excluding carboxylic acids is 2. The van der Waals surface area contributed by atoms with E-state index >= 15 is 0 Å². The standard InChI is InChI=1S/C27H35FN2O5/c1-17-20(9-6-10-23(17)28)24-21(25(32)18-7-5-8-19(31)13-18)14-30(11-12-35-4)15-22(24)26(33)29-16-27(2,3)34/h5-10,13,21-22,24,31,34H,11-12,14-16H2,1-4H3,(H,29,33)/t21-,22+,24+/m0/s1. The molecule has 0 spiro atoms. The van der Waals surface area contributed by atoms with Crippen molar-refractivity contribution in [3.8, 4) is 5.75 Å². The smallest absolute Gasteiger partial charge is 0.225 e. The lowest BCUT2D eigenvalue weighted by atomic mass is 9.69. The summed E-state index contributed by atoms with van der Waals surface area (Å²) in [4.78, 5) is 29.3. The quantitative estimate of drug-likeness (QED) is 0.472. The van der Waals surface area contributed by atoms with Gasteiger partial charge in [0.1, 0.15) is 11.6 Å². The number of phenols is 1. The zero-order chi connectivity index (χ0) is 25.8. The molecule has 190 valence electrons. The molecule has 1 fully saturated rings. The number of ketones is 1. The molecular weight excluding hydrogens is 451 g/mol. The number of aliphatic hydroxyl groups is 1. The molecule has 0 aromatic heterocycles. The highest BCUT2D eigenvalue weighted by atomic mass is 19.1. The molecule has 7 nitrogen and oxygen atoms in total. The maximum atomic E-state index is 14.6. The van der Waals surface area contributed by atoms with Gasteiger partial charge < -0.3 is 20.3 Å². The molecular formula is C27H35FN2O5. The van der Waals surface area contributed by atoms with Crippen LogP contribution in [-0.4, -0.2) is 72.3 Å². The van der Waals surface area contributed by atoms with Crippen LogP contribution in [0.2, 0.25) is 0 Å². The van der Waals surface area contributed by atoms with Gasteiger partial charge in [-0.25, -0.2) is 4.39 Å². The number of hydrogen-bond acceptors (Lipinski definition) is 6. The van der Waals surface area contributed by atoms with E-state index in [4.69, 9.17) is 4.74 Å². The Labute approximate surface area is 205 Å². The minimum absolute atomic E-state index is 0.0270. The number of nitrogens with one attached hydrogen (secondary N) is 1. The maximum absolute atomic E-state index is 14.6. The number of aromatic hydroxyl groups is 1. The molecule has 1 saturated heterocycles.